The lowest BCUT2D eigenvalue weighted by Crippen LogP contribution is -2.46. The van der Waals surface area contributed by atoms with Crippen molar-refractivity contribution in [2.45, 2.75) is 168 Å². The third-order valence-corrected chi connectivity index (χ3v) is 18.9. The van der Waals surface area contributed by atoms with Crippen molar-refractivity contribution in [3.8, 4) is 11.5 Å². The Morgan fingerprint density at radius 1 is 0.535 bits per heavy atom. The van der Waals surface area contributed by atoms with Gasteiger partial charge in [0, 0.05) is 84.3 Å². The van der Waals surface area contributed by atoms with Gasteiger partial charge >= 0.3 is 5.97 Å². The van der Waals surface area contributed by atoms with Crippen LogP contribution in [0, 0.1) is 23.7 Å². The zero-order valence-corrected chi connectivity index (χ0v) is 51.1. The summed E-state index contributed by atoms with van der Waals surface area (Å²) in [5.74, 6) is 4.07. The summed E-state index contributed by atoms with van der Waals surface area (Å²) in [6.45, 7) is 20.0. The minimum absolute atomic E-state index is 0.0266. The molecule has 0 bridgehead atoms. The van der Waals surface area contributed by atoms with E-state index in [2.05, 4.69) is 124 Å². The van der Waals surface area contributed by atoms with E-state index in [1.165, 1.54) is 60.4 Å². The smallest absolute Gasteiger partial charge is 0.330 e. The molecule has 5 fully saturated rings. The molecule has 2 saturated carbocycles. The maximum Gasteiger partial charge on any atom is 0.330 e. The number of ether oxygens (including phenoxy) is 2. The third kappa shape index (κ3) is 12.4. The number of piperidine rings is 2. The monoisotopic (exact) mass is 1170 g/mol. The number of rotatable bonds is 1. The zero-order valence-electron chi connectivity index (χ0n) is 51.1. The number of carbonyl (C=O) groups is 4. The molecule has 8 aromatic rings. The molecule has 3 amide bonds. The molecule has 452 valence electrons. The van der Waals surface area contributed by atoms with E-state index in [1.807, 2.05) is 24.3 Å². The first-order chi connectivity index (χ1) is 41.3. The molecule has 7 heterocycles. The molecule has 5 aliphatic heterocycles. The van der Waals surface area contributed by atoms with Gasteiger partial charge in [-0.1, -0.05) is 99.5 Å². The number of fused-ring (bicyclic) bond motifs is 18. The topological polar surface area (TPSA) is 206 Å². The second-order valence-electron chi connectivity index (χ2n) is 26.0. The molecule has 0 spiro atoms. The lowest BCUT2D eigenvalue weighted by Gasteiger charge is -2.49. The Labute approximate surface area is 503 Å². The second kappa shape index (κ2) is 25.1. The number of nitrogens with zero attached hydrogens (tertiary/aromatic N) is 6. The molecule has 2 aromatic heterocycles. The van der Waals surface area contributed by atoms with Crippen LogP contribution in [-0.2, 0) is 24.0 Å². The molecule has 15 rings (SSSR count). The number of amides is 3. The fourth-order valence-corrected chi connectivity index (χ4v) is 14.5. The fourth-order valence-electron chi connectivity index (χ4n) is 14.5. The summed E-state index contributed by atoms with van der Waals surface area (Å²) in [6.07, 6.45) is 10.8. The van der Waals surface area contributed by atoms with Crippen molar-refractivity contribution in [1.82, 2.24) is 35.2 Å². The van der Waals surface area contributed by atoms with Gasteiger partial charge in [-0.3, -0.25) is 14.4 Å². The summed E-state index contributed by atoms with van der Waals surface area (Å²) in [4.78, 5) is 69.2. The van der Waals surface area contributed by atoms with Crippen molar-refractivity contribution < 1.29 is 43.7 Å². The fraction of sp³-hybridized carbons (Fsp3) is 0.486. The Hall–Kier alpha value is -7.40. The van der Waals surface area contributed by atoms with Crippen molar-refractivity contribution in [3.05, 3.63) is 108 Å². The molecular weight excluding hydrogens is 1080 g/mol. The van der Waals surface area contributed by atoms with Crippen molar-refractivity contribution >= 4 is 89.4 Å². The molecule has 16 nitrogen and oxygen atoms in total. The van der Waals surface area contributed by atoms with E-state index in [9.17, 15) is 19.2 Å². The number of benzene rings is 6. The van der Waals surface area contributed by atoms with Gasteiger partial charge in [-0.15, -0.1) is 5.06 Å². The quantitative estimate of drug-likeness (QED) is 0.0794. The van der Waals surface area contributed by atoms with Crippen LogP contribution in [0.5, 0.6) is 11.5 Å². The molecular formula is C70H83N7O9. The van der Waals surface area contributed by atoms with E-state index in [1.54, 1.807) is 11.8 Å². The van der Waals surface area contributed by atoms with Gasteiger partial charge in [0.15, 0.2) is 0 Å². The Morgan fingerprint density at radius 2 is 0.907 bits per heavy atom. The first-order valence-electron chi connectivity index (χ1n) is 31.2. The number of hydroxylamine groups is 2. The highest BCUT2D eigenvalue weighted by Crippen LogP contribution is 2.58. The van der Waals surface area contributed by atoms with Crippen molar-refractivity contribution in [2.24, 2.45) is 23.7 Å². The number of imide groups is 1. The third-order valence-electron chi connectivity index (χ3n) is 18.9. The van der Waals surface area contributed by atoms with Gasteiger partial charge in [0.1, 0.15) is 22.7 Å². The van der Waals surface area contributed by atoms with Gasteiger partial charge in [-0.2, -0.15) is 0 Å². The van der Waals surface area contributed by atoms with Crippen LogP contribution >= 0.6 is 0 Å². The maximum absolute atomic E-state index is 10.7. The molecule has 16 heteroatoms. The van der Waals surface area contributed by atoms with Crippen LogP contribution in [-0.4, -0.2) is 113 Å². The summed E-state index contributed by atoms with van der Waals surface area (Å²) in [5, 5.41) is 26.2. The highest BCUT2D eigenvalue weighted by molar-refractivity contribution is 6.12. The van der Waals surface area contributed by atoms with Gasteiger partial charge < -0.3 is 34.7 Å². The molecule has 86 heavy (non-hydrogen) atoms. The zero-order chi connectivity index (χ0) is 60.6. The Kier molecular flexibility index (Phi) is 17.6. The van der Waals surface area contributed by atoms with Crippen molar-refractivity contribution in [3.63, 3.8) is 0 Å². The number of hydrogen-bond acceptors (Lipinski definition) is 14. The van der Waals surface area contributed by atoms with Crippen LogP contribution in [0.2, 0.25) is 0 Å². The van der Waals surface area contributed by atoms with Crippen LogP contribution in [0.15, 0.2) is 97.1 Å². The summed E-state index contributed by atoms with van der Waals surface area (Å²) < 4.78 is 13.6. The molecule has 6 aromatic carbocycles. The van der Waals surface area contributed by atoms with Gasteiger partial charge in [-0.05, 0) is 140 Å². The molecule has 6 atom stereocenters. The second-order valence-corrected chi connectivity index (χ2v) is 26.0. The largest absolute Gasteiger partial charge is 0.487 e. The Morgan fingerprint density at radius 3 is 1.28 bits per heavy atom. The van der Waals surface area contributed by atoms with Crippen LogP contribution in [0.1, 0.15) is 155 Å². The van der Waals surface area contributed by atoms with Crippen molar-refractivity contribution in [2.75, 3.05) is 26.2 Å². The molecule has 7 aliphatic rings. The van der Waals surface area contributed by atoms with Gasteiger partial charge in [0.05, 0.1) is 56.3 Å². The minimum atomic E-state index is -0.659. The van der Waals surface area contributed by atoms with Crippen LogP contribution in [0.25, 0.3) is 65.7 Å². The first-order valence-corrected chi connectivity index (χ1v) is 31.2. The minimum Gasteiger partial charge on any atom is -0.487 e. The number of aliphatic hydroxyl groups is 2. The van der Waals surface area contributed by atoms with Gasteiger partial charge in [0.25, 0.3) is 11.8 Å². The predicted octanol–water partition coefficient (Wildman–Crippen LogP) is 12.6. The van der Waals surface area contributed by atoms with E-state index in [0.29, 0.717) is 28.7 Å². The van der Waals surface area contributed by atoms with E-state index >= 15 is 0 Å². The molecule has 2 aliphatic carbocycles. The highest BCUT2D eigenvalue weighted by atomic mass is 16.7. The van der Waals surface area contributed by atoms with Crippen LogP contribution in [0.4, 0.5) is 0 Å². The van der Waals surface area contributed by atoms with Gasteiger partial charge in [0.2, 0.25) is 5.91 Å². The summed E-state index contributed by atoms with van der Waals surface area (Å²) in [5.41, 5.74) is 10.2. The van der Waals surface area contributed by atoms with Gasteiger partial charge in [-0.25, -0.2) is 24.7 Å². The van der Waals surface area contributed by atoms with Crippen LogP contribution < -0.4 is 14.8 Å². The van der Waals surface area contributed by atoms with Crippen LogP contribution in [0.3, 0.4) is 0 Å². The average molecular weight is 1170 g/mol. The molecule has 3 N–H and O–H groups in total. The van der Waals surface area contributed by atoms with Crippen molar-refractivity contribution in [1.29, 1.82) is 0 Å². The lowest BCUT2D eigenvalue weighted by atomic mass is 9.64. The SMILES string of the molecule is CC(=O)N1CCC(O)CC1.CC(=O)ON1C(=O)CCC1=O.C[C@H]1CC[C@H]2[C@H](C1)c1c(c3ccccc3c3nc4ccccc4nc13)OC2(C)C.C[C@H]1CC[C@H]2[C@H](C1)c1c(c3ccccc3c3nc4ccccc4nc13)OC2(C)C.OC1CCNCC1. The highest BCUT2D eigenvalue weighted by Gasteiger charge is 2.49. The molecule has 0 unspecified atom stereocenters. The average Bonchev–Trinajstić information content (AvgIpc) is 0.835. The van der Waals surface area contributed by atoms with E-state index < -0.39 is 17.8 Å². The number of carbonyl (C=O) groups excluding carboxylic acids is 4. The molecule has 3 saturated heterocycles. The number of aliphatic hydroxyl groups excluding tert-OH is 2. The van der Waals surface area contributed by atoms with E-state index in [-0.39, 0.29) is 42.2 Å². The Balaban J connectivity index is 0.000000125. The molecule has 0 radical (unpaired) electrons. The summed E-state index contributed by atoms with van der Waals surface area (Å²) in [6, 6.07) is 33.5. The summed E-state index contributed by atoms with van der Waals surface area (Å²) in [7, 11) is 0. The predicted molar refractivity (Wildman–Crippen MR) is 335 cm³/mol. The Bertz CT molecular complexity index is 3640. The number of hydrogen-bond donors (Lipinski definition) is 3. The number of aromatic nitrogens is 4. The lowest BCUT2D eigenvalue weighted by molar-refractivity contribution is -0.195. The number of para-hydroxylation sites is 4. The van der Waals surface area contributed by atoms with E-state index in [0.717, 1.165) is 137 Å². The number of likely N-dealkylation sites (tertiary alicyclic amines) is 1. The summed E-state index contributed by atoms with van der Waals surface area (Å²) >= 11 is 0. The number of nitrogens with one attached hydrogen (secondary N) is 1. The maximum atomic E-state index is 10.7. The van der Waals surface area contributed by atoms with E-state index in [4.69, 9.17) is 39.6 Å². The normalized spacial score (nSPS) is 24.0. The standard InChI is InChI=1S/2C26H26N2O.C7H13NO2.C6H7NO4.C5H11NO/c2*1-15-12-13-19-18(14-15)22-24-23(27-20-10-6-7-11-21(20)28-24)16-8-4-5-9-17(16)25(22)29-26(19,2)3;1-6(9)8-4-2-7(10)3-5-8;1-4(8)11-7-5(9)2-3-6(7)10;7-5-1-3-6-4-2-5/h2*4-11,15,18-19H,12-14H2,1-3H3;7,10H,2-5H2,1H3;2-3H2,1H3;5-7H,1-4H2/t2*15-,18-,19-;;;/m00.../s1. The first kappa shape index (κ1) is 60.3.